The van der Waals surface area contributed by atoms with Gasteiger partial charge in [0.15, 0.2) is 11.5 Å². The zero-order valence-corrected chi connectivity index (χ0v) is 10.7. The molecular formula is C13H19N5. The van der Waals surface area contributed by atoms with E-state index in [1.165, 1.54) is 0 Å². The largest absolute Gasteiger partial charge is 0.326 e. The van der Waals surface area contributed by atoms with E-state index in [1.54, 1.807) is 0 Å². The molecule has 0 radical (unpaired) electrons. The summed E-state index contributed by atoms with van der Waals surface area (Å²) < 4.78 is 1.85. The number of hydrogen-bond acceptors (Lipinski definition) is 4. The van der Waals surface area contributed by atoms with Gasteiger partial charge in [-0.25, -0.2) is 9.50 Å². The second kappa shape index (κ2) is 4.66. The lowest BCUT2D eigenvalue weighted by molar-refractivity contribution is 0.352. The molecule has 0 bridgehead atoms. The molecular weight excluding hydrogens is 226 g/mol. The first-order valence-corrected chi connectivity index (χ1v) is 6.57. The predicted octanol–water partition coefficient (Wildman–Crippen LogP) is 0.997. The number of pyridine rings is 1. The fraction of sp³-hybridized carbons (Fsp3) is 0.538. The molecule has 0 aromatic carbocycles. The monoisotopic (exact) mass is 245 g/mol. The molecule has 2 aromatic rings. The molecule has 0 saturated carbocycles. The first-order valence-electron chi connectivity index (χ1n) is 6.57. The maximum Gasteiger partial charge on any atom is 0.156 e. The van der Waals surface area contributed by atoms with Crippen LogP contribution in [0.2, 0.25) is 0 Å². The summed E-state index contributed by atoms with van der Waals surface area (Å²) in [5.74, 6) is 1.45. The molecule has 18 heavy (non-hydrogen) atoms. The van der Waals surface area contributed by atoms with Crippen molar-refractivity contribution in [3.05, 3.63) is 29.7 Å². The van der Waals surface area contributed by atoms with Crippen molar-refractivity contribution in [1.29, 1.82) is 0 Å². The molecule has 5 heteroatoms. The highest BCUT2D eigenvalue weighted by Gasteiger charge is 2.25. The lowest BCUT2D eigenvalue weighted by atomic mass is 10.1. The number of likely N-dealkylation sites (tertiary alicyclic amines) is 1. The van der Waals surface area contributed by atoms with Gasteiger partial charge in [-0.1, -0.05) is 13.0 Å². The highest BCUT2D eigenvalue weighted by molar-refractivity contribution is 5.39. The first-order chi connectivity index (χ1) is 8.80. The summed E-state index contributed by atoms with van der Waals surface area (Å²) in [6.07, 6.45) is 3.13. The lowest BCUT2D eigenvalue weighted by Gasteiger charge is -2.10. The SMILES string of the molecule is CCN1CCC(c2nc3ccc(CN)cn3n2)C1. The van der Waals surface area contributed by atoms with Crippen LogP contribution in [0.5, 0.6) is 0 Å². The van der Waals surface area contributed by atoms with Crippen LogP contribution in [0.15, 0.2) is 18.3 Å². The van der Waals surface area contributed by atoms with E-state index in [2.05, 4.69) is 21.9 Å². The van der Waals surface area contributed by atoms with E-state index in [0.29, 0.717) is 12.5 Å². The van der Waals surface area contributed by atoms with Gasteiger partial charge in [0, 0.05) is 25.2 Å². The molecule has 1 unspecified atom stereocenters. The molecule has 1 atom stereocenters. The van der Waals surface area contributed by atoms with Gasteiger partial charge in [0.25, 0.3) is 0 Å². The Morgan fingerprint density at radius 3 is 3.06 bits per heavy atom. The second-order valence-corrected chi connectivity index (χ2v) is 4.89. The third kappa shape index (κ3) is 2.00. The van der Waals surface area contributed by atoms with Crippen LogP contribution < -0.4 is 5.73 Å². The van der Waals surface area contributed by atoms with Gasteiger partial charge in [0.1, 0.15) is 0 Å². The summed E-state index contributed by atoms with van der Waals surface area (Å²) in [7, 11) is 0. The summed E-state index contributed by atoms with van der Waals surface area (Å²) in [4.78, 5) is 7.07. The van der Waals surface area contributed by atoms with Gasteiger partial charge in [0.2, 0.25) is 0 Å². The fourth-order valence-electron chi connectivity index (χ4n) is 2.57. The molecule has 1 aliphatic rings. The Kier molecular flexibility index (Phi) is 3.01. The molecule has 1 saturated heterocycles. The van der Waals surface area contributed by atoms with Crippen LogP contribution in [0.1, 0.15) is 30.7 Å². The van der Waals surface area contributed by atoms with Crippen molar-refractivity contribution in [2.24, 2.45) is 5.73 Å². The number of nitrogens with zero attached hydrogens (tertiary/aromatic N) is 4. The van der Waals surface area contributed by atoms with Gasteiger partial charge in [-0.05, 0) is 31.1 Å². The van der Waals surface area contributed by atoms with Crippen LogP contribution in [0.25, 0.3) is 5.65 Å². The topological polar surface area (TPSA) is 59.5 Å². The van der Waals surface area contributed by atoms with Crippen molar-refractivity contribution in [2.75, 3.05) is 19.6 Å². The van der Waals surface area contributed by atoms with Crippen molar-refractivity contribution in [1.82, 2.24) is 19.5 Å². The minimum atomic E-state index is 0.478. The van der Waals surface area contributed by atoms with Crippen LogP contribution in [0, 0.1) is 0 Å². The lowest BCUT2D eigenvalue weighted by Crippen LogP contribution is -2.19. The van der Waals surface area contributed by atoms with Gasteiger partial charge < -0.3 is 10.6 Å². The Morgan fingerprint density at radius 2 is 2.33 bits per heavy atom. The number of fused-ring (bicyclic) bond motifs is 1. The van der Waals surface area contributed by atoms with Gasteiger partial charge in [0.05, 0.1) is 0 Å². The molecule has 2 N–H and O–H groups in total. The Balaban J connectivity index is 1.89. The summed E-state index contributed by atoms with van der Waals surface area (Å²) in [6, 6.07) is 4.01. The third-order valence-electron chi connectivity index (χ3n) is 3.73. The highest BCUT2D eigenvalue weighted by atomic mass is 15.3. The standard InChI is InChI=1S/C13H19N5/c1-2-17-6-5-11(9-17)13-15-12-4-3-10(7-14)8-18(12)16-13/h3-4,8,11H,2,5-7,9,14H2,1H3. The van der Waals surface area contributed by atoms with Crippen LogP contribution in [0.3, 0.4) is 0 Å². The van der Waals surface area contributed by atoms with Crippen molar-refractivity contribution < 1.29 is 0 Å². The number of likely N-dealkylation sites (N-methyl/N-ethyl adjacent to an activating group) is 1. The van der Waals surface area contributed by atoms with E-state index in [0.717, 1.165) is 43.1 Å². The zero-order valence-electron chi connectivity index (χ0n) is 10.7. The van der Waals surface area contributed by atoms with Crippen LogP contribution in [-0.2, 0) is 6.54 Å². The van der Waals surface area contributed by atoms with E-state index in [4.69, 9.17) is 5.73 Å². The highest BCUT2D eigenvalue weighted by Crippen LogP contribution is 2.24. The minimum absolute atomic E-state index is 0.478. The van der Waals surface area contributed by atoms with E-state index in [1.807, 2.05) is 22.8 Å². The molecule has 1 fully saturated rings. The Bertz CT molecular complexity index is 547. The average Bonchev–Trinajstić information content (AvgIpc) is 3.03. The van der Waals surface area contributed by atoms with E-state index in [-0.39, 0.29) is 0 Å². The molecule has 2 aromatic heterocycles. The van der Waals surface area contributed by atoms with Crippen molar-refractivity contribution >= 4 is 5.65 Å². The van der Waals surface area contributed by atoms with Gasteiger partial charge in [-0.15, -0.1) is 0 Å². The second-order valence-electron chi connectivity index (χ2n) is 4.89. The van der Waals surface area contributed by atoms with Crippen LogP contribution >= 0.6 is 0 Å². The minimum Gasteiger partial charge on any atom is -0.326 e. The molecule has 1 aliphatic heterocycles. The smallest absolute Gasteiger partial charge is 0.156 e. The van der Waals surface area contributed by atoms with E-state index in [9.17, 15) is 0 Å². The predicted molar refractivity (Wildman–Crippen MR) is 70.4 cm³/mol. The van der Waals surface area contributed by atoms with E-state index >= 15 is 0 Å². The zero-order chi connectivity index (χ0) is 12.5. The number of hydrogen-bond donors (Lipinski definition) is 1. The molecule has 0 amide bonds. The Labute approximate surface area is 107 Å². The van der Waals surface area contributed by atoms with Gasteiger partial charge >= 0.3 is 0 Å². The molecule has 5 nitrogen and oxygen atoms in total. The van der Waals surface area contributed by atoms with Crippen molar-refractivity contribution in [3.8, 4) is 0 Å². The number of aromatic nitrogens is 3. The van der Waals surface area contributed by atoms with Crippen LogP contribution in [0.4, 0.5) is 0 Å². The molecule has 0 spiro atoms. The van der Waals surface area contributed by atoms with Crippen molar-refractivity contribution in [2.45, 2.75) is 25.8 Å². The summed E-state index contributed by atoms with van der Waals surface area (Å²) >= 11 is 0. The number of nitrogens with two attached hydrogens (primary N) is 1. The van der Waals surface area contributed by atoms with Crippen molar-refractivity contribution in [3.63, 3.8) is 0 Å². The summed E-state index contributed by atoms with van der Waals surface area (Å²) in [6.45, 7) is 6.09. The first kappa shape index (κ1) is 11.6. The quantitative estimate of drug-likeness (QED) is 0.876. The Hall–Kier alpha value is -1.46. The van der Waals surface area contributed by atoms with Gasteiger partial charge in [-0.2, -0.15) is 5.10 Å². The molecule has 96 valence electrons. The summed E-state index contributed by atoms with van der Waals surface area (Å²) in [5.41, 5.74) is 7.64. The fourth-order valence-corrected chi connectivity index (χ4v) is 2.57. The maximum absolute atomic E-state index is 5.64. The summed E-state index contributed by atoms with van der Waals surface area (Å²) in [5, 5.41) is 4.60. The molecule has 0 aliphatic carbocycles. The Morgan fingerprint density at radius 1 is 1.44 bits per heavy atom. The van der Waals surface area contributed by atoms with E-state index < -0.39 is 0 Å². The third-order valence-corrected chi connectivity index (χ3v) is 3.73. The maximum atomic E-state index is 5.64. The van der Waals surface area contributed by atoms with Gasteiger partial charge in [-0.3, -0.25) is 0 Å². The number of rotatable bonds is 3. The van der Waals surface area contributed by atoms with Crippen LogP contribution in [-0.4, -0.2) is 39.1 Å². The molecule has 3 heterocycles. The average molecular weight is 245 g/mol. The molecule has 3 rings (SSSR count). The normalized spacial score (nSPS) is 20.9.